The average molecular weight is 789 g/mol. The van der Waals surface area contributed by atoms with E-state index >= 15 is 8.78 Å². The molecule has 18 heteroatoms. The Kier molecular flexibility index (Phi) is 8.67. The van der Waals surface area contributed by atoms with Crippen LogP contribution in [0.15, 0.2) is 12.1 Å². The maximum absolute atomic E-state index is 17.4. The monoisotopic (exact) mass is 788 g/mol. The summed E-state index contributed by atoms with van der Waals surface area (Å²) in [4.78, 5) is 27.2. The van der Waals surface area contributed by atoms with Gasteiger partial charge in [0, 0.05) is 49.5 Å². The molecule has 284 valence electrons. The van der Waals surface area contributed by atoms with Gasteiger partial charge in [-0.1, -0.05) is 17.7 Å². The number of benzene rings is 2. The molecule has 5 aliphatic heterocycles. The lowest BCUT2D eigenvalue weighted by Crippen LogP contribution is -2.48. The standard InChI is InChI=1S/C36H34ClF5N8O3S/c37-27-25(18-2-3-20(39)31-24(18)19(9-43)32(44)54-31)28(42)29-26-30(27)52-14-22(16-4-7-48(11-16)34(51)21-10-45-21)50(13-23(40)41)33(26)47-35(46-29)53-15-36-5-1-6-49(36)12-17(38)8-36/h2-3,16-17,21-23,45H,1,4-8,10-15,44H2/t16?,17-,21-,22?,36+/m1/s1. The van der Waals surface area contributed by atoms with E-state index < -0.39 is 42.4 Å². The number of fused-ring (bicyclic) bond motifs is 2. The van der Waals surface area contributed by atoms with Crippen LogP contribution >= 0.6 is 22.9 Å². The fourth-order valence-corrected chi connectivity index (χ4v) is 10.3. The highest BCUT2D eigenvalue weighted by molar-refractivity contribution is 7.23. The van der Waals surface area contributed by atoms with Crippen LogP contribution in [0.2, 0.25) is 5.02 Å². The lowest BCUT2D eigenvalue weighted by molar-refractivity contribution is -0.129. The van der Waals surface area contributed by atoms with Gasteiger partial charge in [-0.25, -0.2) is 22.0 Å². The predicted molar refractivity (Wildman–Crippen MR) is 192 cm³/mol. The summed E-state index contributed by atoms with van der Waals surface area (Å²) < 4.78 is 88.9. The summed E-state index contributed by atoms with van der Waals surface area (Å²) in [5.74, 6) is -2.26. The summed E-state index contributed by atoms with van der Waals surface area (Å²) in [5.41, 5.74) is 4.83. The van der Waals surface area contributed by atoms with Crippen molar-refractivity contribution < 1.29 is 36.2 Å². The molecule has 0 bridgehead atoms. The first-order valence-corrected chi connectivity index (χ1v) is 19.0. The van der Waals surface area contributed by atoms with Crippen LogP contribution in [0.5, 0.6) is 11.8 Å². The van der Waals surface area contributed by atoms with Gasteiger partial charge in [0.15, 0.2) is 11.6 Å². The first-order chi connectivity index (χ1) is 26.0. The van der Waals surface area contributed by atoms with Crippen LogP contribution in [0.25, 0.3) is 32.1 Å². The van der Waals surface area contributed by atoms with Crippen LogP contribution in [-0.2, 0) is 4.79 Å². The van der Waals surface area contributed by atoms with Crippen LogP contribution in [-0.4, -0.2) is 108 Å². The fourth-order valence-electron chi connectivity index (χ4n) is 8.97. The number of nitrogen functional groups attached to an aromatic ring is 1. The van der Waals surface area contributed by atoms with Crippen molar-refractivity contribution in [2.75, 3.05) is 63.1 Å². The van der Waals surface area contributed by atoms with Crippen molar-refractivity contribution in [1.29, 1.82) is 5.26 Å². The first-order valence-electron chi connectivity index (χ1n) is 17.8. The Morgan fingerprint density at radius 3 is 2.81 bits per heavy atom. The van der Waals surface area contributed by atoms with Gasteiger partial charge < -0.3 is 30.3 Å². The minimum Gasteiger partial charge on any atom is -0.489 e. The van der Waals surface area contributed by atoms with E-state index in [0.29, 0.717) is 32.5 Å². The Labute approximate surface area is 314 Å². The molecule has 54 heavy (non-hydrogen) atoms. The molecule has 7 heterocycles. The van der Waals surface area contributed by atoms with Crippen molar-refractivity contribution in [3.8, 4) is 29.0 Å². The van der Waals surface area contributed by atoms with E-state index in [0.717, 1.165) is 23.8 Å². The number of likely N-dealkylation sites (tertiary alicyclic amines) is 1. The van der Waals surface area contributed by atoms with Gasteiger partial charge in [-0.3, -0.25) is 9.69 Å². The largest absolute Gasteiger partial charge is 0.489 e. The normalized spacial score (nSPS) is 26.4. The number of hydrogen-bond acceptors (Lipinski definition) is 11. The zero-order valence-electron chi connectivity index (χ0n) is 28.7. The molecule has 4 fully saturated rings. The van der Waals surface area contributed by atoms with Gasteiger partial charge in [0.25, 0.3) is 6.43 Å². The van der Waals surface area contributed by atoms with Crippen LogP contribution in [0, 0.1) is 28.9 Å². The van der Waals surface area contributed by atoms with Gasteiger partial charge in [0.1, 0.15) is 47.6 Å². The molecule has 0 aliphatic carbocycles. The highest BCUT2D eigenvalue weighted by Gasteiger charge is 2.50. The molecule has 0 saturated carbocycles. The molecule has 0 spiro atoms. The molecule has 4 aromatic rings. The Morgan fingerprint density at radius 1 is 1.24 bits per heavy atom. The highest BCUT2D eigenvalue weighted by Crippen LogP contribution is 2.52. The molecule has 5 atom stereocenters. The van der Waals surface area contributed by atoms with Crippen molar-refractivity contribution in [3.05, 3.63) is 34.4 Å². The minimum absolute atomic E-state index is 0.0179. The summed E-state index contributed by atoms with van der Waals surface area (Å²) >= 11 is 7.89. The number of thiophene rings is 1. The number of amides is 1. The Bertz CT molecular complexity index is 2250. The molecule has 3 N–H and O–H groups in total. The molecule has 4 saturated heterocycles. The number of aromatic nitrogens is 2. The quantitative estimate of drug-likeness (QED) is 0.174. The number of halogens is 6. The number of nitrogens with two attached hydrogens (primary N) is 1. The lowest BCUT2D eigenvalue weighted by Gasteiger charge is -2.35. The predicted octanol–water partition coefficient (Wildman–Crippen LogP) is 5.50. The van der Waals surface area contributed by atoms with Crippen molar-refractivity contribution in [2.24, 2.45) is 5.92 Å². The maximum atomic E-state index is 17.4. The van der Waals surface area contributed by atoms with E-state index in [4.69, 9.17) is 26.8 Å². The molecule has 5 aliphatic rings. The number of carbonyl (C=O) groups excluding carboxylic acids is 1. The maximum Gasteiger partial charge on any atom is 0.319 e. The number of anilines is 2. The van der Waals surface area contributed by atoms with E-state index in [1.165, 1.54) is 11.0 Å². The molecule has 1 amide bonds. The zero-order valence-corrected chi connectivity index (χ0v) is 30.3. The van der Waals surface area contributed by atoms with E-state index in [1.807, 2.05) is 11.0 Å². The molecule has 2 aromatic heterocycles. The number of hydrogen-bond donors (Lipinski definition) is 2. The molecule has 9 rings (SSSR count). The number of nitriles is 1. The smallest absolute Gasteiger partial charge is 0.319 e. The third-order valence-electron chi connectivity index (χ3n) is 11.6. The Hall–Kier alpha value is -4.24. The molecular formula is C36H34ClF5N8O3S. The van der Waals surface area contributed by atoms with Gasteiger partial charge in [-0.05, 0) is 37.4 Å². The van der Waals surface area contributed by atoms with Crippen LogP contribution in [0.3, 0.4) is 0 Å². The highest BCUT2D eigenvalue weighted by atomic mass is 35.5. The summed E-state index contributed by atoms with van der Waals surface area (Å²) in [6.45, 7) is 1.21. The van der Waals surface area contributed by atoms with E-state index in [1.54, 1.807) is 4.90 Å². The third kappa shape index (κ3) is 5.67. The Morgan fingerprint density at radius 2 is 2.06 bits per heavy atom. The SMILES string of the molecule is N#Cc1c(N)sc2c(F)ccc(-c3c(Cl)c4c5c(nc(OC[C@@]67CCCN6C[C@H](F)C7)nc5c3F)N(CC(F)F)C(C3CCN(C(=O)[C@H]5CN5)C3)CO4)c12. The number of ether oxygens (including phenoxy) is 2. The number of nitrogens with one attached hydrogen (secondary N) is 1. The van der Waals surface area contributed by atoms with Crippen LogP contribution < -0.4 is 25.4 Å². The minimum atomic E-state index is -2.86. The molecule has 11 nitrogen and oxygen atoms in total. The summed E-state index contributed by atoms with van der Waals surface area (Å²) in [7, 11) is 0. The van der Waals surface area contributed by atoms with Gasteiger partial charge in [0.2, 0.25) is 5.91 Å². The van der Waals surface area contributed by atoms with Crippen LogP contribution in [0.4, 0.5) is 32.8 Å². The Balaban J connectivity index is 1.22. The van der Waals surface area contributed by atoms with Crippen molar-refractivity contribution in [2.45, 2.75) is 55.9 Å². The third-order valence-corrected chi connectivity index (χ3v) is 13.0. The summed E-state index contributed by atoms with van der Waals surface area (Å²) in [6.07, 6.45) is -1.69. The van der Waals surface area contributed by atoms with Gasteiger partial charge in [0.05, 0.1) is 44.8 Å². The number of alkyl halides is 3. The summed E-state index contributed by atoms with van der Waals surface area (Å²) in [6, 6.07) is 3.04. The fraction of sp³-hybridized carbons (Fsp3) is 0.500. The van der Waals surface area contributed by atoms with Gasteiger partial charge >= 0.3 is 6.01 Å². The molecular weight excluding hydrogens is 755 g/mol. The summed E-state index contributed by atoms with van der Waals surface area (Å²) in [5, 5.41) is 12.7. The van der Waals surface area contributed by atoms with Crippen LogP contribution in [0.1, 0.15) is 31.2 Å². The van der Waals surface area contributed by atoms with Gasteiger partial charge in [-0.2, -0.15) is 15.2 Å². The van der Waals surface area contributed by atoms with Crippen molar-refractivity contribution in [3.63, 3.8) is 0 Å². The van der Waals surface area contributed by atoms with Crippen molar-refractivity contribution in [1.82, 2.24) is 25.1 Å². The number of rotatable bonds is 8. The molecule has 2 unspecified atom stereocenters. The first kappa shape index (κ1) is 35.5. The van der Waals surface area contributed by atoms with Gasteiger partial charge in [-0.15, -0.1) is 11.3 Å². The second kappa shape index (κ2) is 13.2. The zero-order chi connectivity index (χ0) is 37.6. The molecule has 0 radical (unpaired) electrons. The van der Waals surface area contributed by atoms with E-state index in [-0.39, 0.29) is 116 Å². The number of carbonyl (C=O) groups is 1. The topological polar surface area (TPSA) is 143 Å². The average Bonchev–Trinajstić information content (AvgIpc) is 3.47. The number of nitrogens with zero attached hydrogens (tertiary/aromatic N) is 6. The second-order valence-electron chi connectivity index (χ2n) is 14.7. The second-order valence-corrected chi connectivity index (χ2v) is 16.1. The van der Waals surface area contributed by atoms with E-state index in [2.05, 4.69) is 15.3 Å². The lowest BCUT2D eigenvalue weighted by atomic mass is 9.95. The van der Waals surface area contributed by atoms with E-state index in [9.17, 15) is 23.2 Å². The van der Waals surface area contributed by atoms with Crippen molar-refractivity contribution >= 4 is 60.7 Å². The molecule has 2 aromatic carbocycles.